The molecule has 0 fully saturated rings. The van der Waals surface area contributed by atoms with Crippen molar-refractivity contribution in [1.29, 1.82) is 0 Å². The molecule has 8 heavy (non-hydrogen) atoms. The van der Waals surface area contributed by atoms with Crippen molar-refractivity contribution in [2.24, 2.45) is 0 Å². The van der Waals surface area contributed by atoms with Gasteiger partial charge in [-0.25, -0.2) is 0 Å². The molecule has 1 atom stereocenters. The number of aliphatic hydroxyl groups is 1. The molecule has 0 saturated heterocycles. The molecule has 0 amide bonds. The molecule has 1 aliphatic carbocycles. The summed E-state index contributed by atoms with van der Waals surface area (Å²) in [5, 5.41) is 8.85. The van der Waals surface area contributed by atoms with Gasteiger partial charge >= 0.3 is 0 Å². The number of hydrogen-bond donors (Lipinski definition) is 1. The predicted molar refractivity (Wildman–Crippen MR) is 33.6 cm³/mol. The summed E-state index contributed by atoms with van der Waals surface area (Å²) < 4.78 is 0. The zero-order chi connectivity index (χ0) is 6.15. The fourth-order valence-electron chi connectivity index (χ4n) is 0.879. The van der Waals surface area contributed by atoms with Crippen molar-refractivity contribution >= 4 is 0 Å². The zero-order valence-corrected chi connectivity index (χ0v) is 5.44. The minimum absolute atomic E-state index is 0.137. The molecule has 1 aliphatic rings. The van der Waals surface area contributed by atoms with Crippen molar-refractivity contribution in [3.05, 3.63) is 11.1 Å². The molecule has 0 aromatic heterocycles. The number of aliphatic hydroxyl groups excluding tert-OH is 1. The fourth-order valence-corrected chi connectivity index (χ4v) is 0.879. The van der Waals surface area contributed by atoms with E-state index in [1.807, 2.05) is 6.92 Å². The topological polar surface area (TPSA) is 20.2 Å². The van der Waals surface area contributed by atoms with Gasteiger partial charge < -0.3 is 5.11 Å². The Labute approximate surface area is 50.0 Å². The molecule has 0 saturated carbocycles. The Hall–Kier alpha value is -0.300. The van der Waals surface area contributed by atoms with Crippen LogP contribution < -0.4 is 0 Å². The predicted octanol–water partition coefficient (Wildman–Crippen LogP) is 1.48. The van der Waals surface area contributed by atoms with E-state index in [2.05, 4.69) is 6.92 Å². The zero-order valence-electron chi connectivity index (χ0n) is 5.44. The van der Waals surface area contributed by atoms with E-state index in [0.29, 0.717) is 0 Å². The van der Waals surface area contributed by atoms with E-state index >= 15 is 0 Å². The van der Waals surface area contributed by atoms with Gasteiger partial charge in [-0.1, -0.05) is 11.1 Å². The summed E-state index contributed by atoms with van der Waals surface area (Å²) in [6.45, 7) is 3.95. The Kier molecular flexibility index (Phi) is 1.39. The lowest BCUT2D eigenvalue weighted by molar-refractivity contribution is 0.196. The molecule has 0 aliphatic heterocycles. The van der Waals surface area contributed by atoms with Gasteiger partial charge in [0.05, 0.1) is 6.10 Å². The van der Waals surface area contributed by atoms with E-state index in [4.69, 9.17) is 5.11 Å². The van der Waals surface area contributed by atoms with Crippen molar-refractivity contribution in [2.45, 2.75) is 32.8 Å². The Morgan fingerprint density at radius 1 is 1.75 bits per heavy atom. The average Bonchev–Trinajstić information content (AvgIpc) is 2.17. The average molecular weight is 112 g/mol. The minimum Gasteiger partial charge on any atom is -0.393 e. The Balaban J connectivity index is 2.22. The van der Waals surface area contributed by atoms with Crippen LogP contribution in [0.2, 0.25) is 0 Å². The van der Waals surface area contributed by atoms with E-state index in [9.17, 15) is 0 Å². The van der Waals surface area contributed by atoms with Gasteiger partial charge in [0.25, 0.3) is 0 Å². The van der Waals surface area contributed by atoms with Crippen LogP contribution in [0.15, 0.2) is 11.1 Å². The first-order valence-corrected chi connectivity index (χ1v) is 3.05. The molecule has 0 spiro atoms. The maximum absolute atomic E-state index is 8.85. The number of rotatable bonds is 2. The maximum Gasteiger partial charge on any atom is 0.0549 e. The number of allylic oxidation sites excluding steroid dienone is 1. The van der Waals surface area contributed by atoms with Gasteiger partial charge in [-0.15, -0.1) is 0 Å². The summed E-state index contributed by atoms with van der Waals surface area (Å²) in [5.74, 6) is 0. The molecule has 1 unspecified atom stereocenters. The van der Waals surface area contributed by atoms with Gasteiger partial charge in [-0.3, -0.25) is 0 Å². The van der Waals surface area contributed by atoms with E-state index in [0.717, 1.165) is 6.42 Å². The van der Waals surface area contributed by atoms with Crippen molar-refractivity contribution in [2.75, 3.05) is 0 Å². The summed E-state index contributed by atoms with van der Waals surface area (Å²) in [5.41, 5.74) is 2.94. The van der Waals surface area contributed by atoms with Crippen LogP contribution in [-0.2, 0) is 0 Å². The highest BCUT2D eigenvalue weighted by atomic mass is 16.3. The van der Waals surface area contributed by atoms with Crippen LogP contribution in [0.4, 0.5) is 0 Å². The summed E-state index contributed by atoms with van der Waals surface area (Å²) >= 11 is 0. The Morgan fingerprint density at radius 3 is 2.38 bits per heavy atom. The van der Waals surface area contributed by atoms with Gasteiger partial charge in [-0.05, 0) is 26.7 Å². The molecule has 0 bridgehead atoms. The Morgan fingerprint density at radius 2 is 2.25 bits per heavy atom. The van der Waals surface area contributed by atoms with Crippen molar-refractivity contribution in [3.63, 3.8) is 0 Å². The molecule has 1 N–H and O–H groups in total. The lowest BCUT2D eigenvalue weighted by Crippen LogP contribution is -1.96. The van der Waals surface area contributed by atoms with Crippen molar-refractivity contribution in [3.8, 4) is 0 Å². The standard InChI is InChI=1S/C7H12O/c1-5-3-7(5)4-6(2)8/h6,8H,3-4H2,1-2H3. The SMILES string of the molecule is CC1=C(CC(C)O)C1. The fraction of sp³-hybridized carbons (Fsp3) is 0.714. The third-order valence-corrected chi connectivity index (χ3v) is 1.50. The molecule has 0 heterocycles. The van der Waals surface area contributed by atoms with Gasteiger partial charge in [-0.2, -0.15) is 0 Å². The van der Waals surface area contributed by atoms with Gasteiger partial charge in [0.1, 0.15) is 0 Å². The molecule has 0 radical (unpaired) electrons. The first-order chi connectivity index (χ1) is 3.70. The van der Waals surface area contributed by atoms with Gasteiger partial charge in [0, 0.05) is 0 Å². The largest absolute Gasteiger partial charge is 0.393 e. The normalized spacial score (nSPS) is 21.4. The molecule has 1 heteroatoms. The smallest absolute Gasteiger partial charge is 0.0549 e. The first kappa shape index (κ1) is 5.83. The van der Waals surface area contributed by atoms with Crippen LogP contribution >= 0.6 is 0 Å². The highest BCUT2D eigenvalue weighted by Crippen LogP contribution is 2.33. The third kappa shape index (κ3) is 1.34. The number of hydrogen-bond acceptors (Lipinski definition) is 1. The summed E-state index contributed by atoms with van der Waals surface area (Å²) in [6, 6.07) is 0. The summed E-state index contributed by atoms with van der Waals surface area (Å²) in [6.07, 6.45) is 1.93. The molecular formula is C7H12O. The lowest BCUT2D eigenvalue weighted by atomic mass is 10.2. The van der Waals surface area contributed by atoms with Crippen LogP contribution in [0.25, 0.3) is 0 Å². The van der Waals surface area contributed by atoms with Crippen LogP contribution in [0.5, 0.6) is 0 Å². The van der Waals surface area contributed by atoms with Crippen LogP contribution in [0.1, 0.15) is 26.7 Å². The van der Waals surface area contributed by atoms with Crippen LogP contribution in [-0.4, -0.2) is 11.2 Å². The van der Waals surface area contributed by atoms with E-state index in [-0.39, 0.29) is 6.10 Å². The van der Waals surface area contributed by atoms with Crippen LogP contribution in [0.3, 0.4) is 0 Å². The third-order valence-electron chi connectivity index (χ3n) is 1.50. The Bertz CT molecular complexity index is 122. The summed E-state index contributed by atoms with van der Waals surface area (Å²) in [7, 11) is 0. The van der Waals surface area contributed by atoms with E-state index < -0.39 is 0 Å². The van der Waals surface area contributed by atoms with E-state index in [1.54, 1.807) is 0 Å². The van der Waals surface area contributed by atoms with Crippen molar-refractivity contribution in [1.82, 2.24) is 0 Å². The molecular weight excluding hydrogens is 100 g/mol. The molecule has 0 aromatic rings. The second-order valence-electron chi connectivity index (χ2n) is 2.61. The van der Waals surface area contributed by atoms with Gasteiger partial charge in [0.2, 0.25) is 0 Å². The maximum atomic E-state index is 8.85. The molecule has 46 valence electrons. The quantitative estimate of drug-likeness (QED) is 0.536. The monoisotopic (exact) mass is 112 g/mol. The second-order valence-corrected chi connectivity index (χ2v) is 2.61. The summed E-state index contributed by atoms with van der Waals surface area (Å²) in [4.78, 5) is 0. The molecule has 1 rings (SSSR count). The van der Waals surface area contributed by atoms with Crippen molar-refractivity contribution < 1.29 is 5.11 Å². The first-order valence-electron chi connectivity index (χ1n) is 3.05. The van der Waals surface area contributed by atoms with Gasteiger partial charge in [0.15, 0.2) is 0 Å². The highest BCUT2D eigenvalue weighted by Gasteiger charge is 2.16. The second kappa shape index (κ2) is 1.90. The van der Waals surface area contributed by atoms with E-state index in [1.165, 1.54) is 17.6 Å². The minimum atomic E-state index is -0.137. The highest BCUT2D eigenvalue weighted by molar-refractivity contribution is 5.32. The lowest BCUT2D eigenvalue weighted by Gasteiger charge is -1.95. The molecule has 1 nitrogen and oxygen atoms in total. The molecule has 0 aromatic carbocycles. The van der Waals surface area contributed by atoms with Crippen LogP contribution in [0, 0.1) is 0 Å².